The molecular formula is C33H45NO9. The number of hydrogen-bond acceptors (Lipinski definition) is 10. The zero-order valence-corrected chi connectivity index (χ0v) is 25.6. The summed E-state index contributed by atoms with van der Waals surface area (Å²) in [5.41, 5.74) is 0.0409. The number of fused-ring (bicyclic) bond motifs is 3. The highest BCUT2D eigenvalue weighted by atomic mass is 16.7. The number of hydrogen-bond donors (Lipinski definition) is 0. The summed E-state index contributed by atoms with van der Waals surface area (Å²) < 4.78 is 34.7. The van der Waals surface area contributed by atoms with Crippen molar-refractivity contribution < 1.29 is 37.7 Å². The number of carbonyl (C=O) groups excluding carboxylic acids is 2. The van der Waals surface area contributed by atoms with Gasteiger partial charge < -0.3 is 28.1 Å². The van der Waals surface area contributed by atoms with Crippen LogP contribution in [-0.4, -0.2) is 80.4 Å². The maximum absolute atomic E-state index is 12.5. The van der Waals surface area contributed by atoms with E-state index in [0.29, 0.717) is 30.9 Å². The predicted octanol–water partition coefficient (Wildman–Crippen LogP) is 4.29. The van der Waals surface area contributed by atoms with Gasteiger partial charge in [-0.1, -0.05) is 13.8 Å². The number of esters is 1. The summed E-state index contributed by atoms with van der Waals surface area (Å²) in [6, 6.07) is 3.29. The van der Waals surface area contributed by atoms with E-state index >= 15 is 0 Å². The van der Waals surface area contributed by atoms with Crippen molar-refractivity contribution in [3.05, 3.63) is 34.4 Å². The molecule has 0 unspecified atom stereocenters. The van der Waals surface area contributed by atoms with Crippen LogP contribution in [-0.2, 0) is 28.5 Å². The fourth-order valence-corrected chi connectivity index (χ4v) is 10.4. The third-order valence-corrected chi connectivity index (χ3v) is 12.4. The molecule has 10 heteroatoms. The Bertz CT molecular complexity index is 1270. The van der Waals surface area contributed by atoms with Gasteiger partial charge in [0.1, 0.15) is 30.5 Å². The smallest absolute Gasteiger partial charge is 0.459 e. The number of ether oxygens (including phenoxy) is 5. The van der Waals surface area contributed by atoms with Crippen LogP contribution >= 0.6 is 0 Å². The van der Waals surface area contributed by atoms with Crippen molar-refractivity contribution in [2.75, 3.05) is 39.5 Å². The Hall–Kier alpha value is -2.43. The van der Waals surface area contributed by atoms with Gasteiger partial charge in [-0.05, 0) is 79.7 Å². The molecule has 0 bridgehead atoms. The first-order valence-electron chi connectivity index (χ1n) is 16.2. The van der Waals surface area contributed by atoms with E-state index in [2.05, 4.69) is 18.7 Å². The quantitative estimate of drug-likeness (QED) is 0.346. The van der Waals surface area contributed by atoms with Crippen LogP contribution in [0.4, 0.5) is 4.79 Å². The largest absolute Gasteiger partial charge is 0.508 e. The normalized spacial score (nSPS) is 43.4. The lowest BCUT2D eigenvalue weighted by atomic mass is 9.44. The van der Waals surface area contributed by atoms with Crippen molar-refractivity contribution in [1.82, 2.24) is 4.90 Å². The Kier molecular flexibility index (Phi) is 7.41. The lowest BCUT2D eigenvalue weighted by Gasteiger charge is -2.61. The van der Waals surface area contributed by atoms with Crippen LogP contribution in [0.15, 0.2) is 27.6 Å². The molecule has 2 saturated heterocycles. The number of carbonyl (C=O) groups is 2. The number of epoxide rings is 1. The van der Waals surface area contributed by atoms with Crippen molar-refractivity contribution in [1.29, 1.82) is 0 Å². The van der Waals surface area contributed by atoms with E-state index in [9.17, 15) is 14.4 Å². The summed E-state index contributed by atoms with van der Waals surface area (Å²) in [7, 11) is 0. The van der Waals surface area contributed by atoms with Gasteiger partial charge in [0.15, 0.2) is 0 Å². The molecule has 3 heterocycles. The van der Waals surface area contributed by atoms with Crippen molar-refractivity contribution in [3.63, 3.8) is 0 Å². The van der Waals surface area contributed by atoms with E-state index in [4.69, 9.17) is 28.1 Å². The Morgan fingerprint density at radius 3 is 2.58 bits per heavy atom. The monoisotopic (exact) mass is 599 g/mol. The van der Waals surface area contributed by atoms with Gasteiger partial charge in [0.2, 0.25) is 0 Å². The molecule has 2 aliphatic heterocycles. The third-order valence-electron chi connectivity index (χ3n) is 12.4. The molecule has 1 aromatic rings. The number of nitrogens with zero attached hydrogens (tertiary/aromatic N) is 1. The highest BCUT2D eigenvalue weighted by Gasteiger charge is 2.84. The SMILES string of the molecule is CC(=O)O[C@H]1[C@H]2O[C@]23[C@@H]2CC[C@@H]4C[C@@H](OC(=O)OCCN5CCOCC5)CC[C@]4(C)[C@H]2CC[C@]3(C)[C@H]1c1ccc(=O)oc1. The second-order valence-corrected chi connectivity index (χ2v) is 14.3. The van der Waals surface area contributed by atoms with Crippen molar-refractivity contribution in [3.8, 4) is 0 Å². The van der Waals surface area contributed by atoms with Crippen LogP contribution in [0.3, 0.4) is 0 Å². The van der Waals surface area contributed by atoms with Crippen LogP contribution in [0.25, 0.3) is 0 Å². The van der Waals surface area contributed by atoms with E-state index < -0.39 is 12.3 Å². The Balaban J connectivity index is 1.03. The average molecular weight is 600 g/mol. The molecular weight excluding hydrogens is 554 g/mol. The van der Waals surface area contributed by atoms with Crippen molar-refractivity contribution >= 4 is 12.1 Å². The highest BCUT2D eigenvalue weighted by molar-refractivity contribution is 5.67. The molecule has 0 amide bonds. The van der Waals surface area contributed by atoms with E-state index in [0.717, 1.165) is 76.8 Å². The molecule has 1 spiro atoms. The summed E-state index contributed by atoms with van der Waals surface area (Å²) in [6.45, 7) is 10.4. The van der Waals surface area contributed by atoms with Crippen molar-refractivity contribution in [2.24, 2.45) is 28.6 Å². The van der Waals surface area contributed by atoms with Crippen LogP contribution in [0, 0.1) is 28.6 Å². The van der Waals surface area contributed by atoms with Gasteiger partial charge in [0, 0.05) is 44.0 Å². The number of morpholine rings is 1. The van der Waals surface area contributed by atoms with Gasteiger partial charge in [0.05, 0.1) is 19.5 Å². The van der Waals surface area contributed by atoms with Gasteiger partial charge in [-0.3, -0.25) is 9.69 Å². The molecule has 1 aromatic heterocycles. The van der Waals surface area contributed by atoms with Crippen LogP contribution in [0.5, 0.6) is 0 Å². The maximum atomic E-state index is 12.5. The van der Waals surface area contributed by atoms with E-state index in [1.165, 1.54) is 13.0 Å². The second kappa shape index (κ2) is 10.9. The molecule has 4 aliphatic carbocycles. The predicted molar refractivity (Wildman–Crippen MR) is 153 cm³/mol. The minimum atomic E-state index is -0.553. The summed E-state index contributed by atoms with van der Waals surface area (Å²) in [5.74, 6) is 0.904. The van der Waals surface area contributed by atoms with Gasteiger partial charge in [-0.25, -0.2) is 9.59 Å². The fraction of sp³-hybridized carbons (Fsp3) is 0.788. The van der Waals surface area contributed by atoms with Gasteiger partial charge in [-0.15, -0.1) is 0 Å². The molecule has 43 heavy (non-hydrogen) atoms. The van der Waals surface area contributed by atoms with Crippen LogP contribution in [0.1, 0.15) is 77.2 Å². The maximum Gasteiger partial charge on any atom is 0.508 e. The van der Waals surface area contributed by atoms with E-state index in [1.54, 1.807) is 6.26 Å². The first-order valence-corrected chi connectivity index (χ1v) is 16.2. The zero-order valence-electron chi connectivity index (χ0n) is 25.6. The first kappa shape index (κ1) is 29.3. The molecule has 10 atom stereocenters. The fourth-order valence-electron chi connectivity index (χ4n) is 10.4. The molecule has 236 valence electrons. The van der Waals surface area contributed by atoms with Gasteiger partial charge >= 0.3 is 17.8 Å². The molecule has 10 nitrogen and oxygen atoms in total. The average Bonchev–Trinajstić information content (AvgIpc) is 3.69. The summed E-state index contributed by atoms with van der Waals surface area (Å²) in [4.78, 5) is 38.8. The van der Waals surface area contributed by atoms with E-state index in [-0.39, 0.29) is 46.2 Å². The molecule has 6 fully saturated rings. The molecule has 0 aromatic carbocycles. The lowest BCUT2D eigenvalue weighted by Crippen LogP contribution is -2.58. The minimum absolute atomic E-state index is 0.0932. The molecule has 0 N–H and O–H groups in total. The Morgan fingerprint density at radius 2 is 1.84 bits per heavy atom. The molecule has 7 rings (SSSR count). The van der Waals surface area contributed by atoms with Gasteiger partial charge in [0.25, 0.3) is 0 Å². The van der Waals surface area contributed by atoms with Crippen molar-refractivity contribution in [2.45, 2.75) is 95.5 Å². The number of rotatable bonds is 6. The van der Waals surface area contributed by atoms with Crippen LogP contribution in [0.2, 0.25) is 0 Å². The topological polar surface area (TPSA) is 117 Å². The first-order chi connectivity index (χ1) is 20.7. The summed E-state index contributed by atoms with van der Waals surface area (Å²) in [5, 5.41) is 0. The third kappa shape index (κ3) is 4.74. The highest BCUT2D eigenvalue weighted by Crippen LogP contribution is 2.78. The Morgan fingerprint density at radius 1 is 1.02 bits per heavy atom. The standard InChI is InChI=1S/C33H45NO9/c1-20(35)41-28-27(21-4-7-26(36)40-19-21)32(3)11-9-24-25(33(32)29(28)43-33)6-5-22-18-23(8-10-31(22,24)2)42-30(37)39-17-14-34-12-15-38-16-13-34/h4,7,19,22-25,27-29H,5-6,8-18H2,1-3H3/t22-,23+,24+,25-,27+,28-,29-,31+,32-,33-/m1/s1. The van der Waals surface area contributed by atoms with Gasteiger partial charge in [-0.2, -0.15) is 0 Å². The van der Waals surface area contributed by atoms with E-state index in [1.807, 2.05) is 6.07 Å². The lowest BCUT2D eigenvalue weighted by molar-refractivity contribution is -0.158. The molecule has 4 saturated carbocycles. The minimum Gasteiger partial charge on any atom is -0.459 e. The van der Waals surface area contributed by atoms with Crippen LogP contribution < -0.4 is 5.63 Å². The molecule has 0 radical (unpaired) electrons. The molecule has 6 aliphatic rings. The Labute approximate surface area is 252 Å². The summed E-state index contributed by atoms with van der Waals surface area (Å²) in [6.07, 6.45) is 7.15. The second-order valence-electron chi connectivity index (χ2n) is 14.3. The zero-order chi connectivity index (χ0) is 30.0. The summed E-state index contributed by atoms with van der Waals surface area (Å²) >= 11 is 0.